The maximum atomic E-state index is 12.7. The Morgan fingerprint density at radius 3 is 2.46 bits per heavy atom. The summed E-state index contributed by atoms with van der Waals surface area (Å²) < 4.78 is 44.8. The van der Waals surface area contributed by atoms with Crippen molar-refractivity contribution in [1.29, 1.82) is 0 Å². The van der Waals surface area contributed by atoms with Crippen molar-refractivity contribution in [2.45, 2.75) is 13.1 Å². The maximum absolute atomic E-state index is 12.7. The Kier molecular flexibility index (Phi) is 3.33. The molecule has 0 fully saturated rings. The molecule has 5 nitrogen and oxygen atoms in total. The van der Waals surface area contributed by atoms with Gasteiger partial charge >= 0.3 is 6.18 Å². The van der Waals surface area contributed by atoms with Gasteiger partial charge in [-0.15, -0.1) is 0 Å². The minimum Gasteiger partial charge on any atom is -0.508 e. The van der Waals surface area contributed by atoms with Gasteiger partial charge in [0, 0.05) is 5.39 Å². The molecule has 8 heteroatoms. The second-order valence-corrected chi connectivity index (χ2v) is 5.82. The fourth-order valence-corrected chi connectivity index (χ4v) is 2.88. The lowest BCUT2D eigenvalue weighted by Gasteiger charge is -2.07. The number of phenolic OH excluding ortho intramolecular Hbond substituents is 1. The van der Waals surface area contributed by atoms with E-state index in [1.54, 1.807) is 13.0 Å². The van der Waals surface area contributed by atoms with E-state index in [1.807, 2.05) is 0 Å². The molecule has 0 spiro atoms. The summed E-state index contributed by atoms with van der Waals surface area (Å²) in [7, 11) is 0. The van der Waals surface area contributed by atoms with Crippen LogP contribution >= 0.6 is 0 Å². The smallest absolute Gasteiger partial charge is 0.416 e. The molecule has 0 amide bonds. The fraction of sp³-hybridized carbons (Fsp3) is 0.111. The molecule has 0 saturated carbocycles. The Balaban J connectivity index is 1.97. The Morgan fingerprint density at radius 1 is 1.12 bits per heavy atom. The summed E-state index contributed by atoms with van der Waals surface area (Å²) in [6, 6.07) is 8.57. The van der Waals surface area contributed by atoms with Gasteiger partial charge in [-0.25, -0.2) is 0 Å². The van der Waals surface area contributed by atoms with E-state index in [1.165, 1.54) is 24.3 Å². The lowest BCUT2D eigenvalue weighted by atomic mass is 10.1. The van der Waals surface area contributed by atoms with E-state index in [2.05, 4.69) is 5.10 Å². The second-order valence-electron chi connectivity index (χ2n) is 5.82. The van der Waals surface area contributed by atoms with Crippen LogP contribution in [0.1, 0.15) is 11.3 Å². The summed E-state index contributed by atoms with van der Waals surface area (Å²) in [6.07, 6.45) is -4.46. The van der Waals surface area contributed by atoms with Crippen molar-refractivity contribution in [3.05, 3.63) is 64.1 Å². The van der Waals surface area contributed by atoms with Gasteiger partial charge in [-0.1, -0.05) is 0 Å². The van der Waals surface area contributed by atoms with Crippen LogP contribution in [-0.4, -0.2) is 14.9 Å². The minimum absolute atomic E-state index is 0.0191. The van der Waals surface area contributed by atoms with Crippen LogP contribution in [0.2, 0.25) is 0 Å². The predicted molar refractivity (Wildman–Crippen MR) is 87.6 cm³/mol. The van der Waals surface area contributed by atoms with Crippen molar-refractivity contribution in [3.8, 4) is 22.7 Å². The second kappa shape index (κ2) is 5.35. The predicted octanol–water partition coefficient (Wildman–Crippen LogP) is 4.12. The molecule has 0 radical (unpaired) electrons. The van der Waals surface area contributed by atoms with E-state index in [0.29, 0.717) is 22.4 Å². The number of halogens is 3. The van der Waals surface area contributed by atoms with Gasteiger partial charge in [-0.3, -0.25) is 4.79 Å². The number of aryl methyl sites for hydroxylation is 1. The molecule has 0 aliphatic carbocycles. The highest BCUT2D eigenvalue weighted by Gasteiger charge is 2.30. The van der Waals surface area contributed by atoms with E-state index in [0.717, 1.165) is 16.8 Å². The van der Waals surface area contributed by atoms with Crippen LogP contribution in [0.3, 0.4) is 0 Å². The fourth-order valence-electron chi connectivity index (χ4n) is 2.88. The topological polar surface area (TPSA) is 68.3 Å². The molecule has 1 N–H and O–H groups in total. The third-order valence-electron chi connectivity index (χ3n) is 4.12. The molecule has 2 heterocycles. The van der Waals surface area contributed by atoms with E-state index in [4.69, 9.17) is 4.42 Å². The first-order chi connectivity index (χ1) is 12.3. The van der Waals surface area contributed by atoms with Crippen LogP contribution in [0.5, 0.6) is 5.75 Å². The molecule has 132 valence electrons. The van der Waals surface area contributed by atoms with E-state index in [-0.39, 0.29) is 17.0 Å². The summed E-state index contributed by atoms with van der Waals surface area (Å²) in [5.41, 5.74) is -0.164. The van der Waals surface area contributed by atoms with Gasteiger partial charge in [0.15, 0.2) is 0 Å². The van der Waals surface area contributed by atoms with Crippen LogP contribution in [0.15, 0.2) is 51.7 Å². The summed E-state index contributed by atoms with van der Waals surface area (Å²) >= 11 is 0. The van der Waals surface area contributed by atoms with E-state index in [9.17, 15) is 23.1 Å². The van der Waals surface area contributed by atoms with E-state index >= 15 is 0 Å². The van der Waals surface area contributed by atoms with Gasteiger partial charge in [0.05, 0.1) is 11.3 Å². The highest BCUT2D eigenvalue weighted by atomic mass is 19.4. The number of fused-ring (bicyclic) bond motifs is 3. The lowest BCUT2D eigenvalue weighted by Crippen LogP contribution is -2.15. The van der Waals surface area contributed by atoms with Crippen molar-refractivity contribution in [3.63, 3.8) is 0 Å². The zero-order chi connectivity index (χ0) is 18.6. The van der Waals surface area contributed by atoms with Gasteiger partial charge < -0.3 is 9.52 Å². The number of hydrogen-bond donors (Lipinski definition) is 1. The molecule has 2 aromatic carbocycles. The van der Waals surface area contributed by atoms with Gasteiger partial charge in [0.1, 0.15) is 28.4 Å². The number of benzene rings is 2. The normalized spacial score (nSPS) is 12.2. The molecule has 0 saturated heterocycles. The Labute approximate surface area is 144 Å². The first-order valence-corrected chi connectivity index (χ1v) is 7.58. The molecule has 0 atom stereocenters. The molecule has 2 aromatic rings. The van der Waals surface area contributed by atoms with Crippen LogP contribution in [-0.2, 0) is 6.18 Å². The van der Waals surface area contributed by atoms with Gasteiger partial charge in [-0.05, 0) is 49.4 Å². The number of phenols is 1. The summed E-state index contributed by atoms with van der Waals surface area (Å²) in [5, 5.41) is 14.4. The average molecular weight is 360 g/mol. The highest BCUT2D eigenvalue weighted by Crippen LogP contribution is 2.33. The third kappa shape index (κ3) is 2.42. The van der Waals surface area contributed by atoms with Crippen molar-refractivity contribution >= 4 is 11.0 Å². The molecule has 0 bridgehead atoms. The number of nitrogens with zero attached hydrogens (tertiary/aromatic N) is 2. The number of rotatable bonds is 1. The van der Waals surface area contributed by atoms with Crippen LogP contribution < -0.4 is 5.56 Å². The molecular formula is C18H11F3N2O3. The molecular weight excluding hydrogens is 349 g/mol. The summed E-state index contributed by atoms with van der Waals surface area (Å²) in [6.45, 7) is 1.61. The molecule has 2 aliphatic heterocycles. The molecule has 26 heavy (non-hydrogen) atoms. The quantitative estimate of drug-likeness (QED) is 0.555. The third-order valence-corrected chi connectivity index (χ3v) is 4.12. The van der Waals surface area contributed by atoms with Crippen molar-refractivity contribution in [1.82, 2.24) is 9.78 Å². The van der Waals surface area contributed by atoms with Gasteiger partial charge in [-0.2, -0.15) is 23.0 Å². The standard InChI is InChI=1S/C18H11F3N2O3/c1-9-15-16(13-8-12(24)6-7-14(13)26-9)22-23(17(15)25)11-4-2-10(3-5-11)18(19,20)21/h2-8,24H,1H3. The van der Waals surface area contributed by atoms with Crippen molar-refractivity contribution in [2.75, 3.05) is 0 Å². The number of alkyl halides is 3. The van der Waals surface area contributed by atoms with Crippen molar-refractivity contribution in [2.24, 2.45) is 0 Å². The first kappa shape index (κ1) is 16.2. The van der Waals surface area contributed by atoms with Crippen LogP contribution in [0.4, 0.5) is 13.2 Å². The zero-order valence-corrected chi connectivity index (χ0v) is 13.3. The largest absolute Gasteiger partial charge is 0.508 e. The lowest BCUT2D eigenvalue weighted by molar-refractivity contribution is -0.137. The molecule has 0 aromatic heterocycles. The van der Waals surface area contributed by atoms with Gasteiger partial charge in [0.25, 0.3) is 5.56 Å². The summed E-state index contributed by atoms with van der Waals surface area (Å²) in [5.74, 6) is 0.315. The van der Waals surface area contributed by atoms with Crippen molar-refractivity contribution < 1.29 is 22.7 Å². The molecule has 2 aliphatic rings. The van der Waals surface area contributed by atoms with Crippen LogP contribution in [0, 0.1) is 6.92 Å². The van der Waals surface area contributed by atoms with Gasteiger partial charge in [0.2, 0.25) is 0 Å². The maximum Gasteiger partial charge on any atom is 0.416 e. The summed E-state index contributed by atoms with van der Waals surface area (Å²) in [4.78, 5) is 12.7. The van der Waals surface area contributed by atoms with Crippen LogP contribution in [0.25, 0.3) is 27.9 Å². The number of aromatic nitrogens is 2. The highest BCUT2D eigenvalue weighted by molar-refractivity contribution is 5.93. The molecule has 0 unspecified atom stereocenters. The monoisotopic (exact) mass is 360 g/mol. The number of hydrogen-bond acceptors (Lipinski definition) is 4. The zero-order valence-electron chi connectivity index (χ0n) is 13.3. The molecule has 4 rings (SSSR count). The average Bonchev–Trinajstić information content (AvgIpc) is 2.93. The Morgan fingerprint density at radius 2 is 1.81 bits per heavy atom. The van der Waals surface area contributed by atoms with E-state index < -0.39 is 17.3 Å². The Bertz CT molecular complexity index is 1160. The minimum atomic E-state index is -4.46. The SMILES string of the molecule is Cc1oc2ccc(O)cc2c2nn(-c3ccc(C(F)(F)F)cc3)c(=O)c1-2. The Hall–Kier alpha value is -3.29. The first-order valence-electron chi connectivity index (χ1n) is 7.58. The number of aromatic hydroxyl groups is 1.